The molecule has 0 atom stereocenters. The molecule has 160 valence electrons. The highest BCUT2D eigenvalue weighted by atomic mass is 16.5. The molecule has 0 unspecified atom stereocenters. The maximum atomic E-state index is 12.8. The first-order chi connectivity index (χ1) is 15.1. The van der Waals surface area contributed by atoms with Crippen LogP contribution in [-0.2, 0) is 11.3 Å². The molecule has 2 aromatic heterocycles. The van der Waals surface area contributed by atoms with E-state index in [0.717, 1.165) is 16.5 Å². The minimum absolute atomic E-state index is 0.164. The Bertz CT molecular complexity index is 1290. The van der Waals surface area contributed by atoms with Crippen molar-refractivity contribution in [1.82, 2.24) is 19.9 Å². The molecule has 8 heteroatoms. The number of H-pyrrole nitrogens is 1. The summed E-state index contributed by atoms with van der Waals surface area (Å²) in [5.74, 6) is 1.10. The maximum absolute atomic E-state index is 12.8. The number of hydrogen-bond acceptors (Lipinski definition) is 5. The quantitative estimate of drug-likeness (QED) is 0.427. The minimum Gasteiger partial charge on any atom is -0.493 e. The zero-order chi connectivity index (χ0) is 21.8. The lowest BCUT2D eigenvalue weighted by atomic mass is 10.2. The highest BCUT2D eigenvalue weighted by Crippen LogP contribution is 2.25. The SMILES string of the molecule is COc1ccccc1OCCNC(=O)CCn1cnc2c([nH]c3ccc(C)cc32)c1=O. The summed E-state index contributed by atoms with van der Waals surface area (Å²) in [6, 6.07) is 13.3. The van der Waals surface area contributed by atoms with Gasteiger partial charge in [-0.05, 0) is 31.2 Å². The van der Waals surface area contributed by atoms with Gasteiger partial charge in [0.1, 0.15) is 17.6 Å². The van der Waals surface area contributed by atoms with Gasteiger partial charge in [-0.15, -0.1) is 0 Å². The number of methoxy groups -OCH3 is 1. The van der Waals surface area contributed by atoms with Gasteiger partial charge in [-0.25, -0.2) is 4.98 Å². The third kappa shape index (κ3) is 4.37. The van der Waals surface area contributed by atoms with Crippen molar-refractivity contribution >= 4 is 27.8 Å². The van der Waals surface area contributed by atoms with E-state index in [2.05, 4.69) is 15.3 Å². The summed E-state index contributed by atoms with van der Waals surface area (Å²) < 4.78 is 12.3. The zero-order valence-corrected chi connectivity index (χ0v) is 17.5. The Kier molecular flexibility index (Phi) is 5.88. The average molecular weight is 420 g/mol. The van der Waals surface area contributed by atoms with E-state index in [9.17, 15) is 9.59 Å². The van der Waals surface area contributed by atoms with E-state index in [1.807, 2.05) is 49.4 Å². The summed E-state index contributed by atoms with van der Waals surface area (Å²) in [5.41, 5.74) is 2.89. The molecule has 2 N–H and O–H groups in total. The Morgan fingerprint density at radius 3 is 2.81 bits per heavy atom. The van der Waals surface area contributed by atoms with Crippen LogP contribution >= 0.6 is 0 Å². The number of carbonyl (C=O) groups is 1. The summed E-state index contributed by atoms with van der Waals surface area (Å²) in [7, 11) is 1.58. The van der Waals surface area contributed by atoms with E-state index in [1.54, 1.807) is 7.11 Å². The molecular weight excluding hydrogens is 396 g/mol. The fourth-order valence-electron chi connectivity index (χ4n) is 3.46. The van der Waals surface area contributed by atoms with E-state index in [0.29, 0.717) is 35.7 Å². The number of benzene rings is 2. The van der Waals surface area contributed by atoms with Gasteiger partial charge in [-0.3, -0.25) is 14.2 Å². The number of nitrogens with one attached hydrogen (secondary N) is 2. The molecule has 31 heavy (non-hydrogen) atoms. The maximum Gasteiger partial charge on any atom is 0.277 e. The Labute approximate surface area is 178 Å². The molecular formula is C23H24N4O4. The van der Waals surface area contributed by atoms with Gasteiger partial charge in [-0.2, -0.15) is 0 Å². The van der Waals surface area contributed by atoms with Crippen LogP contribution in [0.1, 0.15) is 12.0 Å². The molecule has 0 bridgehead atoms. The molecule has 0 radical (unpaired) electrons. The zero-order valence-electron chi connectivity index (χ0n) is 17.5. The predicted octanol–water partition coefficient (Wildman–Crippen LogP) is 2.78. The number of aromatic amines is 1. The third-order valence-corrected chi connectivity index (χ3v) is 5.06. The van der Waals surface area contributed by atoms with Gasteiger partial charge in [0, 0.05) is 23.9 Å². The number of rotatable bonds is 8. The normalized spacial score (nSPS) is 11.0. The van der Waals surface area contributed by atoms with Crippen LogP contribution in [0, 0.1) is 6.92 Å². The summed E-state index contributed by atoms with van der Waals surface area (Å²) in [6.07, 6.45) is 1.67. The second kappa shape index (κ2) is 8.91. The van der Waals surface area contributed by atoms with Gasteiger partial charge in [-0.1, -0.05) is 23.8 Å². The van der Waals surface area contributed by atoms with Crippen molar-refractivity contribution in [1.29, 1.82) is 0 Å². The Balaban J connectivity index is 1.33. The molecule has 4 aromatic rings. The molecule has 1 amide bonds. The van der Waals surface area contributed by atoms with Crippen molar-refractivity contribution in [2.24, 2.45) is 0 Å². The molecule has 4 rings (SSSR count). The summed E-state index contributed by atoms with van der Waals surface area (Å²) in [4.78, 5) is 32.6. The molecule has 0 aliphatic rings. The van der Waals surface area contributed by atoms with E-state index >= 15 is 0 Å². The first-order valence-electron chi connectivity index (χ1n) is 10.1. The third-order valence-electron chi connectivity index (χ3n) is 5.06. The summed E-state index contributed by atoms with van der Waals surface area (Å²) in [5, 5.41) is 3.72. The topological polar surface area (TPSA) is 98.2 Å². The molecule has 0 saturated heterocycles. The molecule has 0 saturated carbocycles. The van der Waals surface area contributed by atoms with E-state index < -0.39 is 0 Å². The first kappa shape index (κ1) is 20.5. The molecule has 0 aliphatic carbocycles. The molecule has 0 fully saturated rings. The lowest BCUT2D eigenvalue weighted by Gasteiger charge is -2.11. The van der Waals surface area contributed by atoms with Gasteiger partial charge >= 0.3 is 0 Å². The van der Waals surface area contributed by atoms with Crippen LogP contribution in [0.4, 0.5) is 0 Å². The minimum atomic E-state index is -0.189. The molecule has 2 heterocycles. The van der Waals surface area contributed by atoms with Crippen LogP contribution in [0.15, 0.2) is 53.6 Å². The van der Waals surface area contributed by atoms with Gasteiger partial charge in [0.25, 0.3) is 5.56 Å². The Morgan fingerprint density at radius 2 is 2.00 bits per heavy atom. The fourth-order valence-corrected chi connectivity index (χ4v) is 3.46. The van der Waals surface area contributed by atoms with Crippen LogP contribution in [-0.4, -0.2) is 40.7 Å². The van der Waals surface area contributed by atoms with E-state index in [-0.39, 0.29) is 24.4 Å². The van der Waals surface area contributed by atoms with Crippen molar-refractivity contribution in [2.75, 3.05) is 20.3 Å². The van der Waals surface area contributed by atoms with Crippen molar-refractivity contribution in [3.05, 3.63) is 64.7 Å². The first-order valence-corrected chi connectivity index (χ1v) is 10.1. The smallest absolute Gasteiger partial charge is 0.277 e. The predicted molar refractivity (Wildman–Crippen MR) is 119 cm³/mol. The lowest BCUT2D eigenvalue weighted by molar-refractivity contribution is -0.121. The van der Waals surface area contributed by atoms with Crippen LogP contribution in [0.5, 0.6) is 11.5 Å². The van der Waals surface area contributed by atoms with Crippen molar-refractivity contribution in [3.8, 4) is 11.5 Å². The summed E-state index contributed by atoms with van der Waals surface area (Å²) in [6.45, 7) is 2.91. The average Bonchev–Trinajstić information content (AvgIpc) is 3.15. The van der Waals surface area contributed by atoms with Gasteiger partial charge in [0.15, 0.2) is 11.5 Å². The molecule has 0 aliphatic heterocycles. The summed E-state index contributed by atoms with van der Waals surface area (Å²) >= 11 is 0. The monoisotopic (exact) mass is 420 g/mol. The number of hydrogen-bond donors (Lipinski definition) is 2. The number of fused-ring (bicyclic) bond motifs is 3. The standard InChI is InChI=1S/C23H24N4O4/c1-15-7-8-17-16(13-15)21-22(26-17)23(29)27(14-25-21)11-9-20(28)24-10-12-31-19-6-4-3-5-18(19)30-2/h3-8,13-14,26H,9-12H2,1-2H3,(H,24,28). The van der Waals surface area contributed by atoms with Crippen LogP contribution in [0.25, 0.3) is 21.9 Å². The van der Waals surface area contributed by atoms with Gasteiger partial charge < -0.3 is 19.8 Å². The Morgan fingerprint density at radius 1 is 1.19 bits per heavy atom. The van der Waals surface area contributed by atoms with Crippen LogP contribution in [0.3, 0.4) is 0 Å². The van der Waals surface area contributed by atoms with Crippen molar-refractivity contribution in [2.45, 2.75) is 19.9 Å². The lowest BCUT2D eigenvalue weighted by Crippen LogP contribution is -2.30. The van der Waals surface area contributed by atoms with Crippen molar-refractivity contribution in [3.63, 3.8) is 0 Å². The van der Waals surface area contributed by atoms with Crippen LogP contribution < -0.4 is 20.3 Å². The molecule has 0 spiro atoms. The number of nitrogens with zero attached hydrogens (tertiary/aromatic N) is 2. The number of amides is 1. The molecule has 2 aromatic carbocycles. The highest BCUT2D eigenvalue weighted by Gasteiger charge is 2.12. The van der Waals surface area contributed by atoms with Crippen LogP contribution in [0.2, 0.25) is 0 Å². The number of carbonyl (C=O) groups excluding carboxylic acids is 1. The Hall–Kier alpha value is -3.81. The number of aryl methyl sites for hydroxylation is 2. The fraction of sp³-hybridized carbons (Fsp3) is 0.261. The largest absolute Gasteiger partial charge is 0.493 e. The molecule has 8 nitrogen and oxygen atoms in total. The number of aromatic nitrogens is 3. The van der Waals surface area contributed by atoms with Gasteiger partial charge in [0.2, 0.25) is 5.91 Å². The second-order valence-electron chi connectivity index (χ2n) is 7.24. The number of para-hydroxylation sites is 2. The van der Waals surface area contributed by atoms with E-state index in [4.69, 9.17) is 9.47 Å². The van der Waals surface area contributed by atoms with Gasteiger partial charge in [0.05, 0.1) is 20.0 Å². The van der Waals surface area contributed by atoms with E-state index in [1.165, 1.54) is 10.9 Å². The highest BCUT2D eigenvalue weighted by molar-refractivity contribution is 6.04. The van der Waals surface area contributed by atoms with Crippen molar-refractivity contribution < 1.29 is 14.3 Å². The second-order valence-corrected chi connectivity index (χ2v) is 7.24. The number of ether oxygens (including phenoxy) is 2.